The monoisotopic (exact) mass is 288 g/mol. The average Bonchev–Trinajstić information content (AvgIpc) is 2.31. The number of ether oxygens (including phenoxy) is 1. The topological polar surface area (TPSA) is 70.6 Å². The molecule has 0 aliphatic heterocycles. The van der Waals surface area contributed by atoms with Crippen LogP contribution in [0.2, 0.25) is 0 Å². The van der Waals surface area contributed by atoms with E-state index in [2.05, 4.69) is 24.5 Å². The summed E-state index contributed by atoms with van der Waals surface area (Å²) in [6.45, 7) is 13.3. The van der Waals surface area contributed by atoms with E-state index in [0.717, 1.165) is 13.0 Å². The molecule has 0 aliphatic rings. The van der Waals surface area contributed by atoms with Crippen molar-refractivity contribution in [3.05, 3.63) is 0 Å². The minimum atomic E-state index is -0.472. The molecule has 1 amide bonds. The zero-order valence-corrected chi connectivity index (χ0v) is 13.8. The van der Waals surface area contributed by atoms with Crippen molar-refractivity contribution in [1.82, 2.24) is 10.6 Å². The van der Waals surface area contributed by atoms with Crippen molar-refractivity contribution < 1.29 is 14.6 Å². The van der Waals surface area contributed by atoms with E-state index in [1.165, 1.54) is 0 Å². The van der Waals surface area contributed by atoms with Crippen LogP contribution in [0.3, 0.4) is 0 Å². The summed E-state index contributed by atoms with van der Waals surface area (Å²) in [5, 5.41) is 15.3. The van der Waals surface area contributed by atoms with Crippen LogP contribution in [0.1, 0.15) is 48.0 Å². The number of nitrogens with one attached hydrogen (secondary N) is 2. The van der Waals surface area contributed by atoms with Gasteiger partial charge in [0.15, 0.2) is 0 Å². The lowest BCUT2D eigenvalue weighted by Crippen LogP contribution is -2.42. The first-order chi connectivity index (χ1) is 9.19. The number of hydrogen-bond acceptors (Lipinski definition) is 4. The van der Waals surface area contributed by atoms with Crippen molar-refractivity contribution in [3.8, 4) is 0 Å². The van der Waals surface area contributed by atoms with E-state index in [9.17, 15) is 9.90 Å². The summed E-state index contributed by atoms with van der Waals surface area (Å²) in [6, 6.07) is 0.123. The summed E-state index contributed by atoms with van der Waals surface area (Å²) in [5.41, 5.74) is -0.472. The quantitative estimate of drug-likeness (QED) is 0.640. The molecule has 0 heterocycles. The van der Waals surface area contributed by atoms with E-state index in [4.69, 9.17) is 4.74 Å². The van der Waals surface area contributed by atoms with Gasteiger partial charge in [-0.2, -0.15) is 0 Å². The summed E-state index contributed by atoms with van der Waals surface area (Å²) in [4.78, 5) is 11.6. The first-order valence-corrected chi connectivity index (χ1v) is 7.50. The molecule has 5 heteroatoms. The third-order valence-electron chi connectivity index (χ3n) is 3.23. The number of amides is 1. The van der Waals surface area contributed by atoms with Gasteiger partial charge in [-0.25, -0.2) is 4.79 Å². The molecule has 0 aromatic heterocycles. The highest BCUT2D eigenvalue weighted by Crippen LogP contribution is 2.11. The fourth-order valence-corrected chi connectivity index (χ4v) is 1.73. The van der Waals surface area contributed by atoms with E-state index in [-0.39, 0.29) is 18.7 Å². The molecule has 0 aliphatic carbocycles. The van der Waals surface area contributed by atoms with Gasteiger partial charge in [0.2, 0.25) is 0 Å². The third-order valence-corrected chi connectivity index (χ3v) is 3.23. The second-order valence-corrected chi connectivity index (χ2v) is 6.58. The average molecular weight is 288 g/mol. The van der Waals surface area contributed by atoms with Crippen molar-refractivity contribution in [2.45, 2.75) is 59.6 Å². The maximum Gasteiger partial charge on any atom is 0.407 e. The van der Waals surface area contributed by atoms with Crippen LogP contribution < -0.4 is 10.6 Å². The lowest BCUT2D eigenvalue weighted by atomic mass is 9.95. The highest BCUT2D eigenvalue weighted by atomic mass is 16.6. The second kappa shape index (κ2) is 9.19. The van der Waals surface area contributed by atoms with E-state index < -0.39 is 5.60 Å². The van der Waals surface area contributed by atoms with Crippen molar-refractivity contribution in [3.63, 3.8) is 0 Å². The number of aliphatic hydroxyl groups excluding tert-OH is 1. The summed E-state index contributed by atoms with van der Waals surface area (Å²) in [6.07, 6.45) is 0.512. The van der Waals surface area contributed by atoms with Crippen LogP contribution in [0, 0.1) is 11.8 Å². The highest BCUT2D eigenvalue weighted by molar-refractivity contribution is 5.67. The predicted octanol–water partition coefficient (Wildman–Crippen LogP) is 2.14. The smallest absolute Gasteiger partial charge is 0.407 e. The molecular formula is C15H32N2O3. The van der Waals surface area contributed by atoms with E-state index in [1.807, 2.05) is 27.7 Å². The summed E-state index contributed by atoms with van der Waals surface area (Å²) < 4.78 is 5.23. The maximum absolute atomic E-state index is 11.6. The van der Waals surface area contributed by atoms with E-state index in [1.54, 1.807) is 0 Å². The third kappa shape index (κ3) is 9.15. The van der Waals surface area contributed by atoms with Gasteiger partial charge >= 0.3 is 6.09 Å². The van der Waals surface area contributed by atoms with Crippen molar-refractivity contribution in [2.75, 3.05) is 19.7 Å². The molecule has 5 nitrogen and oxygen atoms in total. The van der Waals surface area contributed by atoms with Crippen molar-refractivity contribution in [2.24, 2.45) is 11.8 Å². The number of rotatable bonds is 8. The molecule has 2 atom stereocenters. The van der Waals surface area contributed by atoms with Gasteiger partial charge in [0, 0.05) is 19.1 Å². The summed E-state index contributed by atoms with van der Waals surface area (Å²) in [7, 11) is 0. The Morgan fingerprint density at radius 3 is 2.25 bits per heavy atom. The largest absolute Gasteiger partial charge is 0.444 e. The van der Waals surface area contributed by atoms with Crippen molar-refractivity contribution >= 4 is 6.09 Å². The minimum Gasteiger partial charge on any atom is -0.444 e. The molecule has 0 saturated carbocycles. The molecule has 0 aromatic carbocycles. The Balaban J connectivity index is 4.18. The van der Waals surface area contributed by atoms with Gasteiger partial charge in [-0.1, -0.05) is 20.8 Å². The number of hydrogen-bond donors (Lipinski definition) is 3. The van der Waals surface area contributed by atoms with Crippen molar-refractivity contribution in [1.29, 1.82) is 0 Å². The molecule has 0 radical (unpaired) electrons. The Kier molecular flexibility index (Phi) is 8.81. The van der Waals surface area contributed by atoms with Crippen LogP contribution in [-0.4, -0.2) is 42.5 Å². The van der Waals surface area contributed by atoms with Gasteiger partial charge in [-0.15, -0.1) is 0 Å². The first-order valence-electron chi connectivity index (χ1n) is 7.50. The molecule has 0 aromatic rings. The minimum absolute atomic E-state index is 0.123. The molecule has 0 bridgehead atoms. The number of alkyl carbamates (subject to hydrolysis) is 1. The predicted molar refractivity (Wildman–Crippen MR) is 81.7 cm³/mol. The van der Waals surface area contributed by atoms with E-state index >= 15 is 0 Å². The van der Waals surface area contributed by atoms with Crippen LogP contribution in [0.15, 0.2) is 0 Å². The Morgan fingerprint density at radius 2 is 1.85 bits per heavy atom. The fraction of sp³-hybridized carbons (Fsp3) is 0.933. The van der Waals surface area contributed by atoms with Crippen LogP contribution in [0.5, 0.6) is 0 Å². The molecule has 20 heavy (non-hydrogen) atoms. The zero-order chi connectivity index (χ0) is 15.8. The van der Waals surface area contributed by atoms with Gasteiger partial charge in [-0.05, 0) is 39.0 Å². The Hall–Kier alpha value is -0.810. The first kappa shape index (κ1) is 19.2. The maximum atomic E-state index is 11.6. The zero-order valence-electron chi connectivity index (χ0n) is 13.8. The molecule has 1 unspecified atom stereocenters. The van der Waals surface area contributed by atoms with Gasteiger partial charge in [-0.3, -0.25) is 0 Å². The lowest BCUT2D eigenvalue weighted by Gasteiger charge is -2.25. The molecular weight excluding hydrogens is 256 g/mol. The molecule has 0 spiro atoms. The molecule has 3 N–H and O–H groups in total. The van der Waals surface area contributed by atoms with Gasteiger partial charge < -0.3 is 20.5 Å². The number of carbonyl (C=O) groups is 1. The number of aliphatic hydroxyl groups is 1. The molecule has 0 rings (SSSR count). The normalized spacial score (nSPS) is 15.0. The van der Waals surface area contributed by atoms with Gasteiger partial charge in [0.05, 0.1) is 6.61 Å². The highest BCUT2D eigenvalue weighted by Gasteiger charge is 2.19. The molecule has 120 valence electrons. The Bertz CT molecular complexity index is 271. The standard InChI is InChI=1S/C15H32N2O3/c1-7-13(10-18)16-8-12(11(2)3)9-17-14(19)20-15(4,5)6/h11-13,16,18H,7-10H2,1-6H3,(H,17,19)/t12?,13-/m0/s1. The van der Waals surface area contributed by atoms with Crippen LogP contribution >= 0.6 is 0 Å². The second-order valence-electron chi connectivity index (χ2n) is 6.58. The molecule has 0 saturated heterocycles. The SMILES string of the molecule is CC[C@@H](CO)NCC(CNC(=O)OC(C)(C)C)C(C)C. The Labute approximate surface area is 123 Å². The lowest BCUT2D eigenvalue weighted by molar-refractivity contribution is 0.0514. The van der Waals surface area contributed by atoms with E-state index in [0.29, 0.717) is 18.4 Å². The van der Waals surface area contributed by atoms with Crippen LogP contribution in [0.4, 0.5) is 4.79 Å². The van der Waals surface area contributed by atoms with Gasteiger partial charge in [0.25, 0.3) is 0 Å². The fourth-order valence-electron chi connectivity index (χ4n) is 1.73. The summed E-state index contributed by atoms with van der Waals surface area (Å²) in [5.74, 6) is 0.747. The number of carbonyl (C=O) groups excluding carboxylic acids is 1. The van der Waals surface area contributed by atoms with Gasteiger partial charge in [0.1, 0.15) is 5.60 Å². The summed E-state index contributed by atoms with van der Waals surface area (Å²) >= 11 is 0. The molecule has 0 fully saturated rings. The van der Waals surface area contributed by atoms with Crippen LogP contribution in [0.25, 0.3) is 0 Å². The van der Waals surface area contributed by atoms with Crippen LogP contribution in [-0.2, 0) is 4.74 Å². The Morgan fingerprint density at radius 1 is 1.25 bits per heavy atom.